The molecule has 1 aromatic heterocycles. The van der Waals surface area contributed by atoms with Gasteiger partial charge in [0.15, 0.2) is 0 Å². The number of nitrogens with one attached hydrogen (secondary N) is 3. The largest absolute Gasteiger partial charge is 0.497 e. The lowest BCUT2D eigenvalue weighted by Crippen LogP contribution is -2.33. The third kappa shape index (κ3) is 4.86. The fraction of sp³-hybridized carbons (Fsp3) is 0.333. The third-order valence-electron chi connectivity index (χ3n) is 5.88. The summed E-state index contributed by atoms with van der Waals surface area (Å²) in [6, 6.07) is 17.8. The molecular formula is C27H32N4O2. The highest BCUT2D eigenvalue weighted by atomic mass is 16.5. The first kappa shape index (κ1) is 22.8. The van der Waals surface area contributed by atoms with Crippen LogP contribution < -0.4 is 20.9 Å². The Kier molecular flexibility index (Phi) is 5.89. The maximum Gasteiger partial charge on any atom is 0.228 e. The van der Waals surface area contributed by atoms with Gasteiger partial charge in [-0.15, -0.1) is 0 Å². The van der Waals surface area contributed by atoms with Crippen molar-refractivity contribution in [1.82, 2.24) is 10.4 Å². The van der Waals surface area contributed by atoms with E-state index in [9.17, 15) is 4.79 Å². The summed E-state index contributed by atoms with van der Waals surface area (Å²) < 4.78 is 5.24. The standard InChI is InChI=1S/C27H32N4O2/c1-26(2,3)22-16-21(24-25(29-22)30-31-27(24,4)5)18-10-12-19(13-11-18)28-23(32)15-17-8-7-9-20(14-17)33-6/h7-14,16,31H,15H2,1-6H3,(H,28,32)(H,29,30). The average molecular weight is 445 g/mol. The zero-order valence-corrected chi connectivity index (χ0v) is 20.2. The summed E-state index contributed by atoms with van der Waals surface area (Å²) in [7, 11) is 1.62. The minimum absolute atomic E-state index is 0.0645. The van der Waals surface area contributed by atoms with Crippen LogP contribution in [0.5, 0.6) is 5.75 Å². The van der Waals surface area contributed by atoms with Crippen molar-refractivity contribution in [3.05, 3.63) is 71.4 Å². The van der Waals surface area contributed by atoms with E-state index in [2.05, 4.69) is 69.0 Å². The number of benzene rings is 2. The molecule has 4 rings (SSSR count). The molecule has 0 unspecified atom stereocenters. The van der Waals surface area contributed by atoms with Crippen molar-refractivity contribution < 1.29 is 9.53 Å². The Labute approximate surface area is 195 Å². The zero-order chi connectivity index (χ0) is 23.8. The number of pyridine rings is 1. The number of carbonyl (C=O) groups excluding carboxylic acids is 1. The maximum atomic E-state index is 12.6. The first-order valence-electron chi connectivity index (χ1n) is 11.2. The van der Waals surface area contributed by atoms with Crippen LogP contribution in [0.3, 0.4) is 0 Å². The van der Waals surface area contributed by atoms with Crippen molar-refractivity contribution in [3.63, 3.8) is 0 Å². The number of hydrogen-bond donors (Lipinski definition) is 3. The molecule has 0 spiro atoms. The Bertz CT molecular complexity index is 1180. The summed E-state index contributed by atoms with van der Waals surface area (Å²) in [6.07, 6.45) is 0.289. The molecule has 3 aromatic rings. The van der Waals surface area contributed by atoms with Crippen LogP contribution in [0.2, 0.25) is 0 Å². The molecule has 0 bridgehead atoms. The van der Waals surface area contributed by atoms with Gasteiger partial charge in [0.25, 0.3) is 0 Å². The Hall–Kier alpha value is -3.38. The van der Waals surface area contributed by atoms with Gasteiger partial charge >= 0.3 is 0 Å². The van der Waals surface area contributed by atoms with Crippen molar-refractivity contribution in [3.8, 4) is 16.9 Å². The fourth-order valence-corrected chi connectivity index (χ4v) is 4.06. The van der Waals surface area contributed by atoms with E-state index >= 15 is 0 Å². The second-order valence-electron chi connectivity index (χ2n) is 10.1. The molecular weight excluding hydrogens is 412 g/mol. The number of ether oxygens (including phenoxy) is 1. The molecule has 6 nitrogen and oxygen atoms in total. The van der Waals surface area contributed by atoms with Crippen molar-refractivity contribution in [1.29, 1.82) is 0 Å². The highest BCUT2D eigenvalue weighted by Crippen LogP contribution is 2.41. The number of aromatic nitrogens is 1. The van der Waals surface area contributed by atoms with E-state index in [0.29, 0.717) is 0 Å². The van der Waals surface area contributed by atoms with Crippen molar-refractivity contribution in [2.45, 2.75) is 52.0 Å². The van der Waals surface area contributed by atoms with Crippen LogP contribution in [0.15, 0.2) is 54.6 Å². The number of carbonyl (C=O) groups is 1. The minimum Gasteiger partial charge on any atom is -0.497 e. The lowest BCUT2D eigenvalue weighted by Gasteiger charge is -2.24. The molecule has 0 saturated carbocycles. The Morgan fingerprint density at radius 2 is 1.82 bits per heavy atom. The lowest BCUT2D eigenvalue weighted by molar-refractivity contribution is -0.115. The predicted octanol–water partition coefficient (Wildman–Crippen LogP) is 5.40. The van der Waals surface area contributed by atoms with Gasteiger partial charge in [0.05, 0.1) is 19.1 Å². The molecule has 2 aromatic carbocycles. The minimum atomic E-state index is -0.252. The van der Waals surface area contributed by atoms with Gasteiger partial charge in [0.1, 0.15) is 11.6 Å². The van der Waals surface area contributed by atoms with E-state index in [4.69, 9.17) is 9.72 Å². The molecule has 0 aliphatic carbocycles. The quantitative estimate of drug-likeness (QED) is 0.491. The number of rotatable bonds is 5. The van der Waals surface area contributed by atoms with E-state index in [0.717, 1.165) is 45.2 Å². The first-order valence-corrected chi connectivity index (χ1v) is 11.2. The van der Waals surface area contributed by atoms with Gasteiger partial charge in [0, 0.05) is 22.4 Å². The topological polar surface area (TPSA) is 75.3 Å². The van der Waals surface area contributed by atoms with Crippen molar-refractivity contribution >= 4 is 17.4 Å². The van der Waals surface area contributed by atoms with Gasteiger partial charge in [-0.1, -0.05) is 45.0 Å². The van der Waals surface area contributed by atoms with Gasteiger partial charge in [-0.2, -0.15) is 0 Å². The van der Waals surface area contributed by atoms with Crippen LogP contribution >= 0.6 is 0 Å². The number of methoxy groups -OCH3 is 1. The molecule has 0 atom stereocenters. The number of fused-ring (bicyclic) bond motifs is 1. The van der Waals surface area contributed by atoms with Crippen LogP contribution in [-0.4, -0.2) is 18.0 Å². The van der Waals surface area contributed by atoms with Gasteiger partial charge in [0.2, 0.25) is 5.91 Å². The molecule has 3 N–H and O–H groups in total. The number of nitrogens with zero attached hydrogens (tertiary/aromatic N) is 1. The summed E-state index contributed by atoms with van der Waals surface area (Å²) in [5.74, 6) is 1.56. The first-order chi connectivity index (χ1) is 15.6. The average Bonchev–Trinajstić information content (AvgIpc) is 3.08. The molecule has 33 heavy (non-hydrogen) atoms. The van der Waals surface area contributed by atoms with E-state index in [1.807, 2.05) is 36.4 Å². The fourth-order valence-electron chi connectivity index (χ4n) is 4.06. The highest BCUT2D eigenvalue weighted by Gasteiger charge is 2.35. The number of hydrogen-bond acceptors (Lipinski definition) is 5. The number of amides is 1. The van der Waals surface area contributed by atoms with Crippen LogP contribution in [0.25, 0.3) is 11.1 Å². The van der Waals surface area contributed by atoms with Crippen LogP contribution in [-0.2, 0) is 22.2 Å². The van der Waals surface area contributed by atoms with Gasteiger partial charge in [-0.3, -0.25) is 4.79 Å². The molecule has 1 aliphatic heterocycles. The summed E-state index contributed by atoms with van der Waals surface area (Å²) in [6.45, 7) is 10.8. The lowest BCUT2D eigenvalue weighted by atomic mass is 9.84. The second kappa shape index (κ2) is 8.52. The SMILES string of the molecule is COc1cccc(CC(=O)Nc2ccc(-c3cc(C(C)(C)C)nc4c3C(C)(C)NN4)cc2)c1. The monoisotopic (exact) mass is 444 g/mol. The third-order valence-corrected chi connectivity index (χ3v) is 5.88. The van der Waals surface area contributed by atoms with Crippen LogP contribution in [0, 0.1) is 0 Å². The summed E-state index contributed by atoms with van der Waals surface area (Å²) in [4.78, 5) is 17.4. The molecule has 1 aliphatic rings. The Morgan fingerprint density at radius 1 is 1.09 bits per heavy atom. The van der Waals surface area contributed by atoms with Crippen molar-refractivity contribution in [2.75, 3.05) is 17.9 Å². The number of anilines is 2. The smallest absolute Gasteiger partial charge is 0.228 e. The van der Waals surface area contributed by atoms with Crippen molar-refractivity contribution in [2.24, 2.45) is 0 Å². The highest BCUT2D eigenvalue weighted by molar-refractivity contribution is 5.92. The van der Waals surface area contributed by atoms with E-state index in [1.165, 1.54) is 0 Å². The molecule has 6 heteroatoms. The zero-order valence-electron chi connectivity index (χ0n) is 20.2. The van der Waals surface area contributed by atoms with E-state index in [-0.39, 0.29) is 23.3 Å². The number of hydrazine groups is 1. The summed E-state index contributed by atoms with van der Waals surface area (Å²) in [5, 5.41) is 2.99. The Morgan fingerprint density at radius 3 is 2.48 bits per heavy atom. The Balaban J connectivity index is 1.58. The van der Waals surface area contributed by atoms with Gasteiger partial charge in [-0.25, -0.2) is 10.4 Å². The van der Waals surface area contributed by atoms with Gasteiger partial charge in [-0.05, 0) is 60.9 Å². The molecule has 0 saturated heterocycles. The molecule has 0 fully saturated rings. The summed E-state index contributed by atoms with van der Waals surface area (Å²) >= 11 is 0. The van der Waals surface area contributed by atoms with E-state index in [1.54, 1.807) is 7.11 Å². The maximum absolute atomic E-state index is 12.6. The van der Waals surface area contributed by atoms with Crippen LogP contribution in [0.4, 0.5) is 11.5 Å². The molecule has 2 heterocycles. The second-order valence-corrected chi connectivity index (χ2v) is 10.1. The van der Waals surface area contributed by atoms with E-state index < -0.39 is 0 Å². The van der Waals surface area contributed by atoms with Gasteiger partial charge < -0.3 is 15.5 Å². The summed E-state index contributed by atoms with van der Waals surface area (Å²) in [5.41, 5.74) is 12.3. The van der Waals surface area contributed by atoms with Crippen LogP contribution in [0.1, 0.15) is 51.4 Å². The normalized spacial score (nSPS) is 14.4. The molecule has 172 valence electrons. The predicted molar refractivity (Wildman–Crippen MR) is 133 cm³/mol. The molecule has 1 amide bonds. The molecule has 0 radical (unpaired) electrons.